The lowest BCUT2D eigenvalue weighted by Gasteiger charge is -2.40. The maximum atomic E-state index is 11.5. The van der Waals surface area contributed by atoms with E-state index in [0.29, 0.717) is 25.0 Å². The molecule has 1 aliphatic carbocycles. The van der Waals surface area contributed by atoms with E-state index in [-0.39, 0.29) is 0 Å². The quantitative estimate of drug-likeness (QED) is 0.825. The molecule has 1 aliphatic heterocycles. The van der Waals surface area contributed by atoms with Crippen molar-refractivity contribution in [2.24, 2.45) is 17.6 Å². The Kier molecular flexibility index (Phi) is 6.05. The van der Waals surface area contributed by atoms with E-state index in [0.717, 1.165) is 32.0 Å². The predicted octanol–water partition coefficient (Wildman–Crippen LogP) is 1.11. The van der Waals surface area contributed by atoms with Crippen molar-refractivity contribution >= 4 is 10.0 Å². The third kappa shape index (κ3) is 4.91. The summed E-state index contributed by atoms with van der Waals surface area (Å²) in [7, 11) is -3.03. The molecule has 0 bridgehead atoms. The Labute approximate surface area is 129 Å². The van der Waals surface area contributed by atoms with E-state index in [9.17, 15) is 8.42 Å². The van der Waals surface area contributed by atoms with Gasteiger partial charge in [0.05, 0.1) is 6.26 Å². The van der Waals surface area contributed by atoms with Crippen molar-refractivity contribution in [3.63, 3.8) is 0 Å². The smallest absolute Gasteiger partial charge is 0.211 e. The number of hydrogen-bond acceptors (Lipinski definition) is 4. The van der Waals surface area contributed by atoms with E-state index in [1.54, 1.807) is 4.31 Å². The Morgan fingerprint density at radius 1 is 1.14 bits per heavy atom. The fourth-order valence-electron chi connectivity index (χ4n) is 3.84. The van der Waals surface area contributed by atoms with Crippen molar-refractivity contribution in [3.05, 3.63) is 0 Å². The molecule has 0 spiro atoms. The van der Waals surface area contributed by atoms with E-state index in [1.165, 1.54) is 31.9 Å². The second-order valence-corrected chi connectivity index (χ2v) is 8.84. The van der Waals surface area contributed by atoms with E-state index in [2.05, 4.69) is 11.8 Å². The van der Waals surface area contributed by atoms with Gasteiger partial charge in [-0.15, -0.1) is 0 Å². The molecule has 0 amide bonds. The van der Waals surface area contributed by atoms with Crippen molar-refractivity contribution < 1.29 is 8.42 Å². The van der Waals surface area contributed by atoms with Crippen LogP contribution in [0, 0.1) is 11.8 Å². The van der Waals surface area contributed by atoms with Gasteiger partial charge in [-0.25, -0.2) is 8.42 Å². The van der Waals surface area contributed by atoms with Gasteiger partial charge in [-0.3, -0.25) is 0 Å². The van der Waals surface area contributed by atoms with Crippen molar-refractivity contribution in [2.45, 2.75) is 45.1 Å². The molecular formula is C15H31N3O2S. The average Bonchev–Trinajstić information content (AvgIpc) is 2.42. The van der Waals surface area contributed by atoms with Gasteiger partial charge in [0.2, 0.25) is 10.0 Å². The Balaban J connectivity index is 1.81. The molecular weight excluding hydrogens is 286 g/mol. The first-order valence-corrected chi connectivity index (χ1v) is 10.2. The van der Waals surface area contributed by atoms with Gasteiger partial charge < -0.3 is 10.6 Å². The summed E-state index contributed by atoms with van der Waals surface area (Å²) in [6.45, 7) is 6.23. The van der Waals surface area contributed by atoms with Gasteiger partial charge >= 0.3 is 0 Å². The van der Waals surface area contributed by atoms with Crippen LogP contribution in [0.1, 0.15) is 39.0 Å². The van der Waals surface area contributed by atoms with E-state index < -0.39 is 10.0 Å². The first kappa shape index (κ1) is 17.2. The van der Waals surface area contributed by atoms with Crippen molar-refractivity contribution in [3.8, 4) is 0 Å². The molecule has 1 heterocycles. The molecule has 0 aromatic rings. The molecule has 0 aromatic carbocycles. The summed E-state index contributed by atoms with van der Waals surface area (Å²) >= 11 is 0. The summed E-state index contributed by atoms with van der Waals surface area (Å²) in [6, 6.07) is 0.325. The van der Waals surface area contributed by atoms with Crippen LogP contribution >= 0.6 is 0 Å². The van der Waals surface area contributed by atoms with Gasteiger partial charge in [0.1, 0.15) is 0 Å². The minimum Gasteiger partial charge on any atom is -0.327 e. The van der Waals surface area contributed by atoms with Gasteiger partial charge in [-0.1, -0.05) is 19.8 Å². The molecule has 124 valence electrons. The summed E-state index contributed by atoms with van der Waals surface area (Å²) in [5, 5.41) is 0. The van der Waals surface area contributed by atoms with Crippen LogP contribution in [0.15, 0.2) is 0 Å². The molecule has 2 N–H and O–H groups in total. The molecule has 21 heavy (non-hydrogen) atoms. The zero-order valence-corrected chi connectivity index (χ0v) is 14.3. The van der Waals surface area contributed by atoms with Crippen LogP contribution in [0.2, 0.25) is 0 Å². The lowest BCUT2D eigenvalue weighted by Crippen LogP contribution is -2.51. The first-order valence-electron chi connectivity index (χ1n) is 8.33. The van der Waals surface area contributed by atoms with Gasteiger partial charge in [0, 0.05) is 38.8 Å². The van der Waals surface area contributed by atoms with Crippen LogP contribution < -0.4 is 5.73 Å². The number of sulfonamides is 1. The van der Waals surface area contributed by atoms with Gasteiger partial charge in [-0.2, -0.15) is 4.31 Å². The maximum absolute atomic E-state index is 11.5. The third-order valence-corrected chi connectivity index (χ3v) is 6.44. The minimum atomic E-state index is -3.03. The molecule has 2 rings (SSSR count). The molecule has 2 aliphatic rings. The van der Waals surface area contributed by atoms with Gasteiger partial charge in [0.25, 0.3) is 0 Å². The van der Waals surface area contributed by atoms with Crippen LogP contribution in [0.3, 0.4) is 0 Å². The van der Waals surface area contributed by atoms with E-state index >= 15 is 0 Å². The van der Waals surface area contributed by atoms with Gasteiger partial charge in [0.15, 0.2) is 0 Å². The highest BCUT2D eigenvalue weighted by Gasteiger charge is 2.31. The third-order valence-electron chi connectivity index (χ3n) is 5.14. The molecule has 0 radical (unpaired) electrons. The van der Waals surface area contributed by atoms with Crippen LogP contribution in [-0.2, 0) is 10.0 Å². The first-order chi connectivity index (χ1) is 9.90. The summed E-state index contributed by atoms with van der Waals surface area (Å²) in [5.74, 6) is 1.43. The molecule has 3 unspecified atom stereocenters. The Morgan fingerprint density at radius 3 is 2.38 bits per heavy atom. The monoisotopic (exact) mass is 317 g/mol. The molecule has 1 saturated heterocycles. The number of nitrogens with zero attached hydrogens (tertiary/aromatic N) is 2. The SMILES string of the molecule is CCCC1CCC(N)C(CN2CCN(S(C)(=O)=O)CC2)C1. The Hall–Kier alpha value is -0.170. The largest absolute Gasteiger partial charge is 0.327 e. The highest BCUT2D eigenvalue weighted by Crippen LogP contribution is 2.32. The zero-order valence-electron chi connectivity index (χ0n) is 13.5. The number of rotatable bonds is 5. The standard InChI is InChI=1S/C15H31N3O2S/c1-3-4-13-5-6-15(16)14(11-13)12-17-7-9-18(10-8-17)21(2,19)20/h13-15H,3-12,16H2,1-2H3. The fraction of sp³-hybridized carbons (Fsp3) is 1.00. The summed E-state index contributed by atoms with van der Waals surface area (Å²) in [5.41, 5.74) is 6.32. The highest BCUT2D eigenvalue weighted by molar-refractivity contribution is 7.88. The lowest BCUT2D eigenvalue weighted by molar-refractivity contribution is 0.122. The van der Waals surface area contributed by atoms with Crippen LogP contribution in [-0.4, -0.2) is 62.6 Å². The fourth-order valence-corrected chi connectivity index (χ4v) is 4.67. The predicted molar refractivity (Wildman–Crippen MR) is 86.6 cm³/mol. The maximum Gasteiger partial charge on any atom is 0.211 e. The highest BCUT2D eigenvalue weighted by atomic mass is 32.2. The van der Waals surface area contributed by atoms with Crippen LogP contribution in [0.4, 0.5) is 0 Å². The summed E-state index contributed by atoms with van der Waals surface area (Å²) in [4.78, 5) is 2.40. The second kappa shape index (κ2) is 7.40. The molecule has 2 fully saturated rings. The number of hydrogen-bond donors (Lipinski definition) is 1. The summed E-state index contributed by atoms with van der Waals surface area (Å²) in [6.07, 6.45) is 7.58. The van der Waals surface area contributed by atoms with E-state index in [1.807, 2.05) is 0 Å². The van der Waals surface area contributed by atoms with Crippen LogP contribution in [0.25, 0.3) is 0 Å². The summed E-state index contributed by atoms with van der Waals surface area (Å²) < 4.78 is 24.7. The molecule has 3 atom stereocenters. The molecule has 0 aromatic heterocycles. The Morgan fingerprint density at radius 2 is 1.81 bits per heavy atom. The minimum absolute atomic E-state index is 0.325. The molecule has 6 heteroatoms. The average molecular weight is 317 g/mol. The topological polar surface area (TPSA) is 66.6 Å². The molecule has 5 nitrogen and oxygen atoms in total. The zero-order chi connectivity index (χ0) is 15.5. The second-order valence-electron chi connectivity index (χ2n) is 6.85. The van der Waals surface area contributed by atoms with Crippen molar-refractivity contribution in [2.75, 3.05) is 39.0 Å². The van der Waals surface area contributed by atoms with Crippen LogP contribution in [0.5, 0.6) is 0 Å². The normalized spacial score (nSPS) is 33.2. The molecule has 1 saturated carbocycles. The van der Waals surface area contributed by atoms with Gasteiger partial charge in [-0.05, 0) is 31.1 Å². The van der Waals surface area contributed by atoms with E-state index in [4.69, 9.17) is 5.73 Å². The Bertz CT molecular complexity index is 419. The lowest BCUT2D eigenvalue weighted by atomic mass is 9.76. The number of piperazine rings is 1. The van der Waals surface area contributed by atoms with Crippen molar-refractivity contribution in [1.82, 2.24) is 9.21 Å². The van der Waals surface area contributed by atoms with Crippen molar-refractivity contribution in [1.29, 1.82) is 0 Å². The number of nitrogens with two attached hydrogens (primary N) is 1.